The Morgan fingerprint density at radius 1 is 1.03 bits per heavy atom. The van der Waals surface area contributed by atoms with Crippen molar-refractivity contribution in [2.24, 2.45) is 5.41 Å². The summed E-state index contributed by atoms with van der Waals surface area (Å²) in [6.07, 6.45) is -1.96. The number of nitrogens with two attached hydrogens (primary N) is 1. The van der Waals surface area contributed by atoms with Crippen molar-refractivity contribution in [3.63, 3.8) is 0 Å². The van der Waals surface area contributed by atoms with E-state index >= 15 is 4.39 Å². The highest BCUT2D eigenvalue weighted by Gasteiger charge is 2.54. The van der Waals surface area contributed by atoms with Gasteiger partial charge >= 0.3 is 12.2 Å². The smallest absolute Gasteiger partial charge is 0.418 e. The van der Waals surface area contributed by atoms with Crippen molar-refractivity contribution >= 4 is 57.2 Å². The van der Waals surface area contributed by atoms with Crippen molar-refractivity contribution in [3.8, 4) is 34.4 Å². The Morgan fingerprint density at radius 2 is 1.78 bits per heavy atom. The summed E-state index contributed by atoms with van der Waals surface area (Å²) in [5.41, 5.74) is 4.39. The number of likely N-dealkylation sites (tertiary alicyclic amines) is 2. The summed E-state index contributed by atoms with van der Waals surface area (Å²) in [6.45, 7) is 11.7. The van der Waals surface area contributed by atoms with E-state index in [9.17, 15) is 32.7 Å². The van der Waals surface area contributed by atoms with Gasteiger partial charge in [0.05, 0.1) is 51.9 Å². The van der Waals surface area contributed by atoms with Gasteiger partial charge in [0, 0.05) is 77.8 Å². The van der Waals surface area contributed by atoms with Crippen molar-refractivity contribution in [1.82, 2.24) is 34.3 Å². The maximum Gasteiger partial charge on any atom is 0.418 e. The number of benzene rings is 2. The van der Waals surface area contributed by atoms with E-state index in [2.05, 4.69) is 21.4 Å². The number of carbonyl (C=O) groups is 2. The van der Waals surface area contributed by atoms with E-state index in [-0.39, 0.29) is 112 Å². The monoisotopic (exact) mass is 1040 g/mol. The molecule has 4 aliphatic rings. The third-order valence-electron chi connectivity index (χ3n) is 15.1. The van der Waals surface area contributed by atoms with Gasteiger partial charge in [0.25, 0.3) is 11.5 Å². The topological polar surface area (TPSA) is 191 Å². The number of ether oxygens (including phenoxy) is 3. The molecule has 0 bridgehead atoms. The summed E-state index contributed by atoms with van der Waals surface area (Å²) >= 11 is 6.68. The van der Waals surface area contributed by atoms with E-state index < -0.39 is 34.4 Å². The lowest BCUT2D eigenvalue weighted by atomic mass is 9.72. The Bertz CT molecular complexity index is 3390. The number of nitrogens with zero attached hydrogens (tertiary/aromatic N) is 8. The molecule has 16 nitrogen and oxygen atoms in total. The van der Waals surface area contributed by atoms with Gasteiger partial charge in [-0.3, -0.25) is 14.4 Å². The molecule has 6 aromatic rings. The molecule has 4 aromatic heterocycles. The predicted octanol–water partition coefficient (Wildman–Crippen LogP) is 7.39. The molecule has 2 atom stereocenters. The second-order valence-electron chi connectivity index (χ2n) is 19.9. The molecule has 8 heterocycles. The molecule has 4 aliphatic heterocycles. The van der Waals surface area contributed by atoms with E-state index in [4.69, 9.17) is 41.5 Å². The summed E-state index contributed by atoms with van der Waals surface area (Å²) in [5.74, 6) is -0.897. The molecule has 1 spiro atoms. The molecule has 388 valence electrons. The summed E-state index contributed by atoms with van der Waals surface area (Å²) in [6, 6.07) is 9.39. The highest BCUT2D eigenvalue weighted by atomic mass is 35.5. The minimum atomic E-state index is -4.91. The minimum Gasteiger partial charge on any atom is -0.489 e. The molecule has 74 heavy (non-hydrogen) atoms. The van der Waals surface area contributed by atoms with Gasteiger partial charge in [-0.2, -0.15) is 23.1 Å². The van der Waals surface area contributed by atoms with E-state index in [0.29, 0.717) is 61.5 Å². The van der Waals surface area contributed by atoms with E-state index in [1.807, 2.05) is 24.9 Å². The van der Waals surface area contributed by atoms with Gasteiger partial charge in [-0.25, -0.2) is 14.4 Å². The van der Waals surface area contributed by atoms with Gasteiger partial charge in [-0.1, -0.05) is 32.0 Å². The van der Waals surface area contributed by atoms with Crippen LogP contribution in [0.25, 0.3) is 44.5 Å². The van der Waals surface area contributed by atoms with Crippen LogP contribution in [0.3, 0.4) is 0 Å². The normalized spacial score (nSPS) is 17.8. The standard InChI is InChI=1S/C53H54ClF4N9O7/c1-7-31-32-15-30(11-12-38(32)60-44-34(31)18-67-39(44)17-36(52(71,8-2)26-68)35(21-72-6)49(67)70)73-19-28(4)48(69)66-24-51(25-66)22-65(23-51)47-33-16-37(54)41(46-42(53(56,57)58)27(3)14-40(59)61-46)43(55)45(33)62-50(63-47)74-20-29-10-9-13-64(29)5/h11-12,14-17,26,29,71H,4,7-10,13,18-25H2,1-3,5-6H3,(H2,59,61). The van der Waals surface area contributed by atoms with Crippen LogP contribution in [0.1, 0.15) is 66.5 Å². The lowest BCUT2D eigenvalue weighted by Crippen LogP contribution is -2.73. The van der Waals surface area contributed by atoms with Crippen LogP contribution in [0.2, 0.25) is 5.02 Å². The molecule has 0 aliphatic carbocycles. The third kappa shape index (κ3) is 8.58. The predicted molar refractivity (Wildman–Crippen MR) is 270 cm³/mol. The fraction of sp³-hybridized carbons (Fsp3) is 0.415. The number of amides is 1. The lowest BCUT2D eigenvalue weighted by Gasteiger charge is -2.60. The molecule has 3 saturated heterocycles. The number of fused-ring (bicyclic) bond motifs is 5. The molecule has 1 amide bonds. The zero-order valence-electron chi connectivity index (χ0n) is 41.5. The summed E-state index contributed by atoms with van der Waals surface area (Å²) in [5, 5.41) is 11.9. The van der Waals surface area contributed by atoms with Crippen molar-refractivity contribution in [2.75, 3.05) is 70.7 Å². The number of aliphatic hydroxyl groups is 1. The quantitative estimate of drug-likeness (QED) is 0.0587. The number of anilines is 2. The van der Waals surface area contributed by atoms with Gasteiger partial charge < -0.3 is 44.3 Å². The Hall–Kier alpha value is -6.74. The number of halogens is 5. The number of pyridine rings is 3. The number of likely N-dealkylation sites (N-methyl/N-ethyl adjacent to an activating group) is 1. The molecule has 21 heteroatoms. The van der Waals surface area contributed by atoms with Crippen LogP contribution in [0.4, 0.5) is 29.2 Å². The number of alkyl halides is 3. The van der Waals surface area contributed by atoms with Crippen LogP contribution in [0.15, 0.2) is 53.3 Å². The number of aryl methyl sites for hydroxylation is 2. The maximum atomic E-state index is 16.9. The number of carbonyl (C=O) groups excluding carboxylic acids is 2. The first kappa shape index (κ1) is 50.8. The highest BCUT2D eigenvalue weighted by Crippen LogP contribution is 2.48. The summed E-state index contributed by atoms with van der Waals surface area (Å²) < 4.78 is 79.5. The fourth-order valence-corrected chi connectivity index (χ4v) is 11.5. The van der Waals surface area contributed by atoms with Gasteiger partial charge in [0.1, 0.15) is 41.7 Å². The van der Waals surface area contributed by atoms with Crippen LogP contribution in [0.5, 0.6) is 11.8 Å². The van der Waals surface area contributed by atoms with Crippen LogP contribution in [0, 0.1) is 18.2 Å². The summed E-state index contributed by atoms with van der Waals surface area (Å²) in [4.78, 5) is 63.5. The number of nitrogen functional groups attached to an aromatic ring is 1. The van der Waals surface area contributed by atoms with Gasteiger partial charge in [-0.15, -0.1) is 0 Å². The second kappa shape index (κ2) is 18.9. The molecule has 0 saturated carbocycles. The van der Waals surface area contributed by atoms with E-state index in [0.717, 1.165) is 42.0 Å². The average Bonchev–Trinajstić information content (AvgIpc) is 3.93. The highest BCUT2D eigenvalue weighted by molar-refractivity contribution is 6.34. The zero-order chi connectivity index (χ0) is 52.8. The molecule has 2 aromatic carbocycles. The van der Waals surface area contributed by atoms with Crippen LogP contribution < -0.4 is 25.7 Å². The fourth-order valence-electron chi connectivity index (χ4n) is 11.2. The van der Waals surface area contributed by atoms with Gasteiger partial charge in [-0.05, 0) is 93.7 Å². The van der Waals surface area contributed by atoms with Crippen LogP contribution in [-0.2, 0) is 45.7 Å². The minimum absolute atomic E-state index is 0.0595. The number of hydrogen-bond acceptors (Lipinski definition) is 14. The molecule has 2 unspecified atom stereocenters. The van der Waals surface area contributed by atoms with E-state index in [1.54, 1.807) is 34.6 Å². The third-order valence-corrected chi connectivity index (χ3v) is 15.4. The van der Waals surface area contributed by atoms with E-state index in [1.165, 1.54) is 20.1 Å². The maximum absolute atomic E-state index is 16.9. The Balaban J connectivity index is 0.848. The van der Waals surface area contributed by atoms with Crippen LogP contribution >= 0.6 is 11.6 Å². The molecule has 3 fully saturated rings. The number of hydrogen-bond donors (Lipinski definition) is 2. The van der Waals surface area contributed by atoms with Crippen molar-refractivity contribution in [1.29, 1.82) is 0 Å². The Labute approximate surface area is 427 Å². The molecule has 0 radical (unpaired) electrons. The van der Waals surface area contributed by atoms with Crippen molar-refractivity contribution < 1.29 is 46.5 Å². The molecular weight excluding hydrogens is 986 g/mol. The van der Waals surface area contributed by atoms with Crippen LogP contribution in [-0.4, -0.2) is 118 Å². The second-order valence-corrected chi connectivity index (χ2v) is 20.4. The van der Waals surface area contributed by atoms with Gasteiger partial charge in [0.15, 0.2) is 12.1 Å². The van der Waals surface area contributed by atoms with Crippen molar-refractivity contribution in [3.05, 3.63) is 103 Å². The first-order valence-corrected chi connectivity index (χ1v) is 24.7. The summed E-state index contributed by atoms with van der Waals surface area (Å²) in [7, 11) is 3.42. The number of aromatic nitrogens is 5. The molecule has 3 N–H and O–H groups in total. The first-order valence-electron chi connectivity index (χ1n) is 24.3. The molecule has 10 rings (SSSR count). The number of aldehydes is 1. The first-order chi connectivity index (χ1) is 35.2. The van der Waals surface area contributed by atoms with Gasteiger partial charge in [0.2, 0.25) is 0 Å². The Morgan fingerprint density at radius 3 is 2.45 bits per heavy atom. The average molecular weight is 1040 g/mol. The lowest BCUT2D eigenvalue weighted by molar-refractivity contribution is -0.141. The SMILES string of the molecule is C=C(COc1ccc2nc3c(c(CC)c2c1)Cn1c-3cc(C(O)(C=O)CC)c(COC)c1=O)C(=O)N1CC2(C1)CN(c1nc(OCC3CCCN3C)nc3c(F)c(-c4nc(N)cc(C)c4C(F)(F)F)c(Cl)cc13)C2. The Kier molecular flexibility index (Phi) is 13.0. The largest absolute Gasteiger partial charge is 0.489 e. The number of methoxy groups -OCH3 is 1. The molecular formula is C53H54ClF4N9O7. The number of rotatable bonds is 15. The zero-order valence-corrected chi connectivity index (χ0v) is 42.2. The van der Waals surface area contributed by atoms with Crippen molar-refractivity contribution in [2.45, 2.75) is 77.4 Å².